The fourth-order valence-corrected chi connectivity index (χ4v) is 0.678. The van der Waals surface area contributed by atoms with Gasteiger partial charge in [0.15, 0.2) is 0 Å². The van der Waals surface area contributed by atoms with Crippen LogP contribution < -0.4 is 10.6 Å². The Kier molecular flexibility index (Phi) is 5.06. The number of aliphatic carboxylic acids is 1. The highest BCUT2D eigenvalue weighted by molar-refractivity contribution is 5.79. The smallest absolute Gasteiger partial charge is 0.475 e. The molecule has 1 aliphatic heterocycles. The van der Waals surface area contributed by atoms with Gasteiger partial charge in [-0.25, -0.2) is 4.79 Å². The number of hydrogen-bond acceptors (Lipinski definition) is 3. The second kappa shape index (κ2) is 5.54. The van der Waals surface area contributed by atoms with Gasteiger partial charge < -0.3 is 15.7 Å². The minimum absolute atomic E-state index is 0.156. The molecule has 0 atom stereocenters. The third-order valence-electron chi connectivity index (χ3n) is 1.64. The molecular weight excluding hydrogens is 217 g/mol. The zero-order valence-electron chi connectivity index (χ0n) is 7.89. The van der Waals surface area contributed by atoms with E-state index in [1.165, 1.54) is 0 Å². The van der Waals surface area contributed by atoms with Crippen molar-refractivity contribution in [2.45, 2.75) is 6.18 Å². The van der Waals surface area contributed by atoms with Gasteiger partial charge in [0.2, 0.25) is 5.91 Å². The quantitative estimate of drug-likeness (QED) is 0.570. The number of amides is 1. The average Bonchev–Trinajstić information content (AvgIpc) is 2.00. The highest BCUT2D eigenvalue weighted by Gasteiger charge is 2.38. The van der Waals surface area contributed by atoms with E-state index >= 15 is 0 Å². The standard InChI is InChI=1S/C5H10N2O.C2HF3O2/c1-6-5(8)4-2-7-3-4;3-2(4,5)1(6)7/h4,7H,2-3H2,1H3,(H,6,8);(H,6,7). The van der Waals surface area contributed by atoms with Gasteiger partial charge in [0.05, 0.1) is 5.92 Å². The van der Waals surface area contributed by atoms with E-state index in [0.717, 1.165) is 13.1 Å². The van der Waals surface area contributed by atoms with Gasteiger partial charge in [-0.3, -0.25) is 4.79 Å². The third-order valence-corrected chi connectivity index (χ3v) is 1.64. The fourth-order valence-electron chi connectivity index (χ4n) is 0.678. The zero-order chi connectivity index (χ0) is 12.1. The van der Waals surface area contributed by atoms with E-state index in [1.807, 2.05) is 0 Å². The van der Waals surface area contributed by atoms with Crippen LogP contribution in [0.1, 0.15) is 0 Å². The van der Waals surface area contributed by atoms with Gasteiger partial charge in [-0.05, 0) is 0 Å². The van der Waals surface area contributed by atoms with Crippen molar-refractivity contribution >= 4 is 11.9 Å². The first kappa shape index (κ1) is 13.7. The Morgan fingerprint density at radius 3 is 1.87 bits per heavy atom. The van der Waals surface area contributed by atoms with E-state index in [9.17, 15) is 18.0 Å². The van der Waals surface area contributed by atoms with Crippen LogP contribution in [0.3, 0.4) is 0 Å². The lowest BCUT2D eigenvalue weighted by molar-refractivity contribution is -0.192. The lowest BCUT2D eigenvalue weighted by Gasteiger charge is -2.24. The number of nitrogens with one attached hydrogen (secondary N) is 2. The first-order valence-electron chi connectivity index (χ1n) is 4.01. The highest BCUT2D eigenvalue weighted by Crippen LogP contribution is 2.13. The first-order chi connectivity index (χ1) is 6.79. The molecule has 5 nitrogen and oxygen atoms in total. The molecule has 1 saturated heterocycles. The van der Waals surface area contributed by atoms with Crippen LogP contribution in [0.4, 0.5) is 13.2 Å². The summed E-state index contributed by atoms with van der Waals surface area (Å²) < 4.78 is 31.7. The number of carbonyl (C=O) groups excluding carboxylic acids is 1. The summed E-state index contributed by atoms with van der Waals surface area (Å²) in [7, 11) is 1.67. The second-order valence-electron chi connectivity index (χ2n) is 2.77. The molecule has 1 heterocycles. The lowest BCUT2D eigenvalue weighted by Crippen LogP contribution is -2.49. The number of alkyl halides is 3. The summed E-state index contributed by atoms with van der Waals surface area (Å²) in [6.07, 6.45) is -5.08. The van der Waals surface area contributed by atoms with Gasteiger partial charge in [0, 0.05) is 20.1 Å². The van der Waals surface area contributed by atoms with Crippen LogP contribution >= 0.6 is 0 Å². The van der Waals surface area contributed by atoms with Crippen molar-refractivity contribution in [3.63, 3.8) is 0 Å². The first-order valence-corrected chi connectivity index (χ1v) is 4.01. The molecule has 0 aromatic carbocycles. The lowest BCUT2D eigenvalue weighted by atomic mass is 10.0. The maximum absolute atomic E-state index is 10.6. The predicted octanol–water partition coefficient (Wildman–Crippen LogP) is -0.415. The van der Waals surface area contributed by atoms with E-state index in [0.29, 0.717) is 0 Å². The van der Waals surface area contributed by atoms with Crippen molar-refractivity contribution in [1.82, 2.24) is 10.6 Å². The number of hydrogen-bond donors (Lipinski definition) is 3. The average molecular weight is 228 g/mol. The van der Waals surface area contributed by atoms with Gasteiger partial charge in [0.25, 0.3) is 0 Å². The van der Waals surface area contributed by atoms with Crippen molar-refractivity contribution in [3.8, 4) is 0 Å². The molecule has 0 aromatic rings. The summed E-state index contributed by atoms with van der Waals surface area (Å²) in [5.41, 5.74) is 0. The van der Waals surface area contributed by atoms with Crippen LogP contribution in [0.2, 0.25) is 0 Å². The molecule has 0 aliphatic carbocycles. The van der Waals surface area contributed by atoms with Crippen LogP contribution in [0, 0.1) is 5.92 Å². The Bertz CT molecular complexity index is 238. The van der Waals surface area contributed by atoms with Crippen molar-refractivity contribution < 1.29 is 27.9 Å². The van der Waals surface area contributed by atoms with Gasteiger partial charge in [-0.1, -0.05) is 0 Å². The Labute approximate surface area is 83.6 Å². The summed E-state index contributed by atoms with van der Waals surface area (Å²) in [6, 6.07) is 0. The molecule has 1 amide bonds. The van der Waals surface area contributed by atoms with Gasteiger partial charge in [0.1, 0.15) is 0 Å². The molecule has 1 rings (SSSR count). The van der Waals surface area contributed by atoms with Crippen LogP contribution in [-0.4, -0.2) is 43.3 Å². The molecule has 0 bridgehead atoms. The van der Waals surface area contributed by atoms with Crippen LogP contribution in [0.5, 0.6) is 0 Å². The maximum Gasteiger partial charge on any atom is 0.490 e. The van der Waals surface area contributed by atoms with E-state index in [1.54, 1.807) is 7.05 Å². The normalized spacial score (nSPS) is 15.7. The third kappa shape index (κ3) is 5.21. The second-order valence-corrected chi connectivity index (χ2v) is 2.77. The van der Waals surface area contributed by atoms with E-state index in [-0.39, 0.29) is 11.8 Å². The molecule has 8 heteroatoms. The van der Waals surface area contributed by atoms with E-state index in [4.69, 9.17) is 9.90 Å². The largest absolute Gasteiger partial charge is 0.490 e. The van der Waals surface area contributed by atoms with Crippen LogP contribution in [-0.2, 0) is 9.59 Å². The minimum atomic E-state index is -5.08. The van der Waals surface area contributed by atoms with E-state index in [2.05, 4.69) is 10.6 Å². The Morgan fingerprint density at radius 1 is 1.40 bits per heavy atom. The molecule has 1 aliphatic rings. The molecule has 1 fully saturated rings. The number of halogens is 3. The highest BCUT2D eigenvalue weighted by atomic mass is 19.4. The Balaban J connectivity index is 0.000000265. The van der Waals surface area contributed by atoms with Crippen molar-refractivity contribution in [2.24, 2.45) is 5.92 Å². The monoisotopic (exact) mass is 228 g/mol. The maximum atomic E-state index is 10.6. The van der Waals surface area contributed by atoms with E-state index < -0.39 is 12.1 Å². The number of carbonyl (C=O) groups is 2. The summed E-state index contributed by atoms with van der Waals surface area (Å²) in [4.78, 5) is 19.5. The molecule has 0 spiro atoms. The molecule has 0 aromatic heterocycles. The van der Waals surface area contributed by atoms with Crippen molar-refractivity contribution in [1.29, 1.82) is 0 Å². The molecule has 0 unspecified atom stereocenters. The number of carboxylic acid groups (broad SMARTS) is 1. The fraction of sp³-hybridized carbons (Fsp3) is 0.714. The minimum Gasteiger partial charge on any atom is -0.475 e. The Morgan fingerprint density at radius 2 is 1.80 bits per heavy atom. The summed E-state index contributed by atoms with van der Waals surface area (Å²) in [6.45, 7) is 1.69. The number of carboxylic acids is 1. The Hall–Kier alpha value is -1.31. The van der Waals surface area contributed by atoms with Crippen LogP contribution in [0.15, 0.2) is 0 Å². The van der Waals surface area contributed by atoms with Gasteiger partial charge in [-0.2, -0.15) is 13.2 Å². The predicted molar refractivity (Wildman–Crippen MR) is 44.1 cm³/mol. The molecule has 3 N–H and O–H groups in total. The van der Waals surface area contributed by atoms with Crippen molar-refractivity contribution in [2.75, 3.05) is 20.1 Å². The topological polar surface area (TPSA) is 78.4 Å². The summed E-state index contributed by atoms with van der Waals surface area (Å²) >= 11 is 0. The van der Waals surface area contributed by atoms with Crippen molar-refractivity contribution in [3.05, 3.63) is 0 Å². The summed E-state index contributed by atoms with van der Waals surface area (Å²) in [5.74, 6) is -2.36. The molecule has 0 radical (unpaired) electrons. The molecular formula is C7H11F3N2O3. The molecule has 0 saturated carbocycles. The SMILES string of the molecule is CNC(=O)C1CNC1.O=C(O)C(F)(F)F. The van der Waals surface area contributed by atoms with Gasteiger partial charge in [-0.15, -0.1) is 0 Å². The van der Waals surface area contributed by atoms with Crippen LogP contribution in [0.25, 0.3) is 0 Å². The van der Waals surface area contributed by atoms with Gasteiger partial charge >= 0.3 is 12.1 Å². The summed E-state index contributed by atoms with van der Waals surface area (Å²) in [5, 5.41) is 12.7. The molecule has 88 valence electrons. The zero-order valence-corrected chi connectivity index (χ0v) is 7.89. The number of rotatable bonds is 1. The molecule has 15 heavy (non-hydrogen) atoms.